The van der Waals surface area contributed by atoms with E-state index >= 15 is 0 Å². The Balaban J connectivity index is 4.49. The van der Waals surface area contributed by atoms with Gasteiger partial charge in [-0.05, 0) is 89.9 Å². The third-order valence-corrected chi connectivity index (χ3v) is 12.9. The van der Waals surface area contributed by atoms with Crippen molar-refractivity contribution >= 4 is 17.9 Å². The van der Waals surface area contributed by atoms with Gasteiger partial charge in [0.15, 0.2) is 6.10 Å². The summed E-state index contributed by atoms with van der Waals surface area (Å²) in [5.74, 6) is -0.948. The molecule has 0 aliphatic carbocycles. The Morgan fingerprint density at radius 3 is 1.00 bits per heavy atom. The summed E-state index contributed by atoms with van der Waals surface area (Å²) < 4.78 is 16.9. The number of allylic oxidation sites excluding steroid dienone is 18. The Morgan fingerprint density at radius 1 is 0.301 bits per heavy atom. The van der Waals surface area contributed by atoms with E-state index in [0.717, 1.165) is 122 Å². The number of hydrogen-bond acceptors (Lipinski definition) is 6. The molecule has 0 saturated carbocycles. The molecule has 0 aromatic rings. The van der Waals surface area contributed by atoms with Gasteiger partial charge >= 0.3 is 17.9 Å². The van der Waals surface area contributed by atoms with E-state index in [1.165, 1.54) is 116 Å². The van der Waals surface area contributed by atoms with Gasteiger partial charge < -0.3 is 14.2 Å². The highest BCUT2D eigenvalue weighted by Gasteiger charge is 2.19. The maximum absolute atomic E-state index is 12.9. The highest BCUT2D eigenvalue weighted by molar-refractivity contribution is 5.71. The summed E-state index contributed by atoms with van der Waals surface area (Å²) in [5, 5.41) is 0. The molecule has 0 spiro atoms. The van der Waals surface area contributed by atoms with Crippen LogP contribution in [0.15, 0.2) is 109 Å². The molecule has 0 aromatic heterocycles. The van der Waals surface area contributed by atoms with Crippen molar-refractivity contribution in [2.24, 2.45) is 0 Å². The fourth-order valence-corrected chi connectivity index (χ4v) is 8.31. The third kappa shape index (κ3) is 58.8. The molecule has 0 aliphatic rings. The lowest BCUT2D eigenvalue weighted by atomic mass is 10.0. The predicted octanol–water partition coefficient (Wildman–Crippen LogP) is 20.7. The van der Waals surface area contributed by atoms with Gasteiger partial charge in [0.25, 0.3) is 0 Å². The van der Waals surface area contributed by atoms with E-state index in [0.29, 0.717) is 19.3 Å². The molecule has 0 amide bonds. The fourth-order valence-electron chi connectivity index (χ4n) is 8.31. The summed E-state index contributed by atoms with van der Waals surface area (Å²) in [5.41, 5.74) is 0. The van der Waals surface area contributed by atoms with Crippen molar-refractivity contribution in [1.82, 2.24) is 0 Å². The summed E-state index contributed by atoms with van der Waals surface area (Å²) in [6.45, 7) is 6.46. The number of unbranched alkanes of at least 4 members (excludes halogenated alkanes) is 28. The lowest BCUT2D eigenvalue weighted by molar-refractivity contribution is -0.167. The van der Waals surface area contributed by atoms with E-state index < -0.39 is 6.10 Å². The van der Waals surface area contributed by atoms with Gasteiger partial charge in [0.1, 0.15) is 13.2 Å². The van der Waals surface area contributed by atoms with Gasteiger partial charge in [-0.25, -0.2) is 0 Å². The Labute approximate surface area is 450 Å². The van der Waals surface area contributed by atoms with Crippen molar-refractivity contribution in [3.63, 3.8) is 0 Å². The van der Waals surface area contributed by atoms with E-state index in [-0.39, 0.29) is 31.1 Å². The van der Waals surface area contributed by atoms with Crippen LogP contribution < -0.4 is 0 Å². The van der Waals surface area contributed by atoms with E-state index in [4.69, 9.17) is 14.2 Å². The SMILES string of the molecule is CC/C=C\C/C=C\C/C=C\C/C=C\C/C=C\CCCCCC(=O)OCC(COC(=O)CCCCCCCCCCCCCCCCCCCC)OC(=O)CCCCCCC\C=C/C=C\C=C/C=C\CCCCC. The largest absolute Gasteiger partial charge is 0.462 e. The molecule has 0 aliphatic heterocycles. The minimum absolute atomic E-state index is 0.0979. The van der Waals surface area contributed by atoms with Gasteiger partial charge in [0, 0.05) is 19.3 Å². The van der Waals surface area contributed by atoms with Gasteiger partial charge in [-0.1, -0.05) is 278 Å². The Kier molecular flexibility index (Phi) is 57.4. The molecule has 0 radical (unpaired) electrons. The van der Waals surface area contributed by atoms with E-state index in [9.17, 15) is 14.4 Å². The third-order valence-electron chi connectivity index (χ3n) is 12.9. The smallest absolute Gasteiger partial charge is 0.306 e. The molecule has 0 fully saturated rings. The topological polar surface area (TPSA) is 78.9 Å². The van der Waals surface area contributed by atoms with Crippen LogP contribution in [0.4, 0.5) is 0 Å². The molecule has 0 N–H and O–H groups in total. The van der Waals surface area contributed by atoms with Crippen LogP contribution in [0, 0.1) is 0 Å². The minimum Gasteiger partial charge on any atom is -0.462 e. The van der Waals surface area contributed by atoms with Crippen molar-refractivity contribution in [2.75, 3.05) is 13.2 Å². The van der Waals surface area contributed by atoms with Crippen LogP contribution in [0.2, 0.25) is 0 Å². The Morgan fingerprint density at radius 2 is 0.589 bits per heavy atom. The summed E-state index contributed by atoms with van der Waals surface area (Å²) >= 11 is 0. The van der Waals surface area contributed by atoms with Gasteiger partial charge in [0.2, 0.25) is 0 Å². The molecule has 0 aromatic carbocycles. The van der Waals surface area contributed by atoms with Gasteiger partial charge in [-0.15, -0.1) is 0 Å². The van der Waals surface area contributed by atoms with E-state index in [1.807, 2.05) is 0 Å². The van der Waals surface area contributed by atoms with E-state index in [1.54, 1.807) is 0 Å². The van der Waals surface area contributed by atoms with Crippen molar-refractivity contribution in [1.29, 1.82) is 0 Å². The molecule has 6 nitrogen and oxygen atoms in total. The van der Waals surface area contributed by atoms with Crippen molar-refractivity contribution < 1.29 is 28.6 Å². The monoisotopic (exact) mass is 1010 g/mol. The first kappa shape index (κ1) is 69.1. The lowest BCUT2D eigenvalue weighted by Gasteiger charge is -2.18. The molecule has 73 heavy (non-hydrogen) atoms. The zero-order valence-corrected chi connectivity index (χ0v) is 47.6. The molecular weight excluding hydrogens is 901 g/mol. The molecular formula is C67H112O6. The maximum Gasteiger partial charge on any atom is 0.306 e. The molecule has 0 bridgehead atoms. The average molecular weight is 1010 g/mol. The van der Waals surface area contributed by atoms with Gasteiger partial charge in [-0.3, -0.25) is 14.4 Å². The molecule has 0 heterocycles. The van der Waals surface area contributed by atoms with Crippen LogP contribution in [0.25, 0.3) is 0 Å². The normalized spacial score (nSPS) is 12.9. The highest BCUT2D eigenvalue weighted by Crippen LogP contribution is 2.16. The first-order chi connectivity index (χ1) is 36.0. The van der Waals surface area contributed by atoms with E-state index in [2.05, 4.69) is 130 Å². The number of rotatable bonds is 54. The molecule has 1 atom stereocenters. The average Bonchev–Trinajstić information content (AvgIpc) is 3.39. The quantitative estimate of drug-likeness (QED) is 0.0199. The maximum atomic E-state index is 12.9. The number of ether oxygens (including phenoxy) is 3. The summed E-state index contributed by atoms with van der Waals surface area (Å²) in [6, 6.07) is 0. The number of carbonyl (C=O) groups is 3. The number of esters is 3. The predicted molar refractivity (Wildman–Crippen MR) is 316 cm³/mol. The first-order valence-electron chi connectivity index (χ1n) is 30.4. The number of carbonyl (C=O) groups excluding carboxylic acids is 3. The van der Waals surface area contributed by atoms with Crippen molar-refractivity contribution in [3.05, 3.63) is 109 Å². The van der Waals surface area contributed by atoms with Gasteiger partial charge in [-0.2, -0.15) is 0 Å². The second-order valence-electron chi connectivity index (χ2n) is 20.0. The second kappa shape index (κ2) is 60.6. The van der Waals surface area contributed by atoms with Crippen LogP contribution >= 0.6 is 0 Å². The standard InChI is InChI=1S/C67H112O6/c1-4-7-10-13-16-19-22-25-28-31-34-37-39-42-45-48-51-54-57-60-66(69)72-63-64(73-67(70)61-58-55-52-49-46-43-40-36-33-30-27-24-21-18-15-12-9-6-3)62-71-65(68)59-56-53-50-47-44-41-38-35-32-29-26-23-20-17-14-11-8-5-2/h7,10,16,18-19,21,24-25,27-28,30,33-34,36-37,40,42,45,64H,4-6,8-9,11-15,17,20,22-23,26,29,31-32,35,38-39,41,43-44,46-63H2,1-3H3/b10-7-,19-16-,21-18-,27-24-,28-25-,33-30-,37-34-,40-36-,45-42-. The van der Waals surface area contributed by atoms with Crippen LogP contribution in [0.3, 0.4) is 0 Å². The van der Waals surface area contributed by atoms with Crippen molar-refractivity contribution in [3.8, 4) is 0 Å². The number of hydrogen-bond donors (Lipinski definition) is 0. The second-order valence-corrected chi connectivity index (χ2v) is 20.0. The van der Waals surface area contributed by atoms with Crippen LogP contribution in [0.5, 0.6) is 0 Å². The van der Waals surface area contributed by atoms with Crippen LogP contribution in [-0.4, -0.2) is 37.2 Å². The van der Waals surface area contributed by atoms with Gasteiger partial charge in [0.05, 0.1) is 0 Å². The lowest BCUT2D eigenvalue weighted by Crippen LogP contribution is -2.30. The molecule has 6 heteroatoms. The zero-order valence-electron chi connectivity index (χ0n) is 47.6. The Hall–Kier alpha value is -3.93. The minimum atomic E-state index is -0.806. The summed E-state index contributed by atoms with van der Waals surface area (Å²) in [6.07, 6.45) is 82.2. The molecule has 416 valence electrons. The summed E-state index contributed by atoms with van der Waals surface area (Å²) in [4.78, 5) is 38.3. The molecule has 0 saturated heterocycles. The zero-order chi connectivity index (χ0) is 52.9. The van der Waals surface area contributed by atoms with Crippen LogP contribution in [0.1, 0.15) is 278 Å². The fraction of sp³-hybridized carbons (Fsp3) is 0.687. The molecule has 1 unspecified atom stereocenters. The van der Waals surface area contributed by atoms with Crippen molar-refractivity contribution in [2.45, 2.75) is 284 Å². The van der Waals surface area contributed by atoms with Crippen LogP contribution in [-0.2, 0) is 28.6 Å². The molecule has 0 rings (SSSR count). The Bertz CT molecular complexity index is 1490. The first-order valence-corrected chi connectivity index (χ1v) is 30.4. The highest BCUT2D eigenvalue weighted by atomic mass is 16.6. The summed E-state index contributed by atoms with van der Waals surface area (Å²) in [7, 11) is 0.